The van der Waals surface area contributed by atoms with E-state index in [1.165, 1.54) is 6.33 Å². The molecule has 2 N–H and O–H groups in total. The second-order valence-corrected chi connectivity index (χ2v) is 5.28. The zero-order chi connectivity index (χ0) is 16.4. The van der Waals surface area contributed by atoms with Crippen molar-refractivity contribution in [2.75, 3.05) is 5.32 Å². The molecule has 1 amide bonds. The molecule has 0 atom stereocenters. The maximum Gasteiger partial charge on any atom is 0.256 e. The molecular weight excluding hydrogens is 302 g/mol. The molecule has 2 heterocycles. The number of nitrogens with one attached hydrogen (secondary N) is 2. The van der Waals surface area contributed by atoms with Gasteiger partial charge in [-0.05, 0) is 23.8 Å². The van der Waals surface area contributed by atoms with Gasteiger partial charge in [0.1, 0.15) is 6.33 Å². The van der Waals surface area contributed by atoms with Crippen molar-refractivity contribution in [2.45, 2.75) is 0 Å². The fourth-order valence-electron chi connectivity index (χ4n) is 2.47. The lowest BCUT2D eigenvalue weighted by Crippen LogP contribution is -2.12. The maximum atomic E-state index is 12.4. The van der Waals surface area contributed by atoms with Crippen molar-refractivity contribution >= 4 is 22.6 Å². The number of benzene rings is 2. The zero-order valence-electron chi connectivity index (χ0n) is 12.6. The molecule has 6 heteroatoms. The molecule has 2 aromatic carbocycles. The van der Waals surface area contributed by atoms with Crippen molar-refractivity contribution in [1.29, 1.82) is 0 Å². The second-order valence-electron chi connectivity index (χ2n) is 5.28. The number of anilines is 1. The second kappa shape index (κ2) is 5.92. The number of amides is 1. The van der Waals surface area contributed by atoms with Crippen LogP contribution >= 0.6 is 0 Å². The van der Waals surface area contributed by atoms with Crippen LogP contribution in [0.15, 0.2) is 67.1 Å². The van der Waals surface area contributed by atoms with E-state index in [1.807, 2.05) is 30.3 Å². The van der Waals surface area contributed by atoms with Gasteiger partial charge in [0, 0.05) is 23.2 Å². The molecule has 4 aromatic rings. The van der Waals surface area contributed by atoms with E-state index in [-0.39, 0.29) is 5.91 Å². The van der Waals surface area contributed by atoms with E-state index >= 15 is 0 Å². The zero-order valence-corrected chi connectivity index (χ0v) is 12.6. The van der Waals surface area contributed by atoms with Crippen LogP contribution in [0.25, 0.3) is 22.2 Å². The van der Waals surface area contributed by atoms with E-state index in [0.29, 0.717) is 11.4 Å². The lowest BCUT2D eigenvalue weighted by atomic mass is 10.1. The minimum absolute atomic E-state index is 0.230. The van der Waals surface area contributed by atoms with Crippen LogP contribution in [0.2, 0.25) is 0 Å². The average molecular weight is 315 g/mol. The van der Waals surface area contributed by atoms with Crippen LogP contribution in [0.3, 0.4) is 0 Å². The fourth-order valence-corrected chi connectivity index (χ4v) is 2.47. The number of carbonyl (C=O) groups is 1. The van der Waals surface area contributed by atoms with Crippen molar-refractivity contribution in [3.63, 3.8) is 0 Å². The molecule has 0 aliphatic heterocycles. The van der Waals surface area contributed by atoms with Gasteiger partial charge in [0.15, 0.2) is 5.82 Å². The van der Waals surface area contributed by atoms with E-state index in [1.54, 1.807) is 30.5 Å². The van der Waals surface area contributed by atoms with Crippen LogP contribution < -0.4 is 5.32 Å². The quantitative estimate of drug-likeness (QED) is 0.608. The van der Waals surface area contributed by atoms with Gasteiger partial charge < -0.3 is 5.32 Å². The minimum atomic E-state index is -0.230. The molecule has 0 unspecified atom stereocenters. The summed E-state index contributed by atoms with van der Waals surface area (Å²) in [5.74, 6) is 0.245. The highest BCUT2D eigenvalue weighted by Crippen LogP contribution is 2.20. The molecule has 6 nitrogen and oxygen atoms in total. The first-order valence-electron chi connectivity index (χ1n) is 7.41. The highest BCUT2D eigenvalue weighted by Gasteiger charge is 2.10. The number of hydrogen-bond acceptors (Lipinski definition) is 4. The Balaban J connectivity index is 1.56. The third-order valence-corrected chi connectivity index (χ3v) is 3.67. The monoisotopic (exact) mass is 315 g/mol. The standard InChI is InChI=1S/C18H13N5O/c24-18(13-6-7-15-14(8-13)10-19-11-20-15)21-17-9-16(22-23-17)12-4-2-1-3-5-12/h1-11H,(H2,21,22,23,24). The third-order valence-electron chi connectivity index (χ3n) is 3.67. The summed E-state index contributed by atoms with van der Waals surface area (Å²) in [6.07, 6.45) is 3.16. The molecule has 4 rings (SSSR count). The number of aromatic nitrogens is 4. The maximum absolute atomic E-state index is 12.4. The smallest absolute Gasteiger partial charge is 0.256 e. The fraction of sp³-hybridized carbons (Fsp3) is 0. The first-order valence-corrected chi connectivity index (χ1v) is 7.41. The Morgan fingerprint density at radius 1 is 1.04 bits per heavy atom. The first kappa shape index (κ1) is 14.1. The molecule has 0 saturated carbocycles. The van der Waals surface area contributed by atoms with Gasteiger partial charge in [0.25, 0.3) is 5.91 Å². The van der Waals surface area contributed by atoms with E-state index in [2.05, 4.69) is 25.5 Å². The van der Waals surface area contributed by atoms with Crippen molar-refractivity contribution < 1.29 is 4.79 Å². The van der Waals surface area contributed by atoms with E-state index in [0.717, 1.165) is 22.2 Å². The summed E-state index contributed by atoms with van der Waals surface area (Å²) in [5, 5.41) is 10.7. The number of carbonyl (C=O) groups excluding carboxylic acids is 1. The van der Waals surface area contributed by atoms with Crippen LogP contribution in [0, 0.1) is 0 Å². The van der Waals surface area contributed by atoms with Crippen LogP contribution in [0.4, 0.5) is 5.82 Å². The summed E-state index contributed by atoms with van der Waals surface area (Å²) in [7, 11) is 0. The predicted molar refractivity (Wildman–Crippen MR) is 91.5 cm³/mol. The topological polar surface area (TPSA) is 83.6 Å². The van der Waals surface area contributed by atoms with Gasteiger partial charge in [-0.15, -0.1) is 0 Å². The van der Waals surface area contributed by atoms with Gasteiger partial charge in [0.05, 0.1) is 11.2 Å². The normalized spacial score (nSPS) is 10.7. The van der Waals surface area contributed by atoms with Gasteiger partial charge >= 0.3 is 0 Å². The van der Waals surface area contributed by atoms with Crippen molar-refractivity contribution in [1.82, 2.24) is 20.2 Å². The highest BCUT2D eigenvalue weighted by molar-refractivity contribution is 6.05. The number of hydrogen-bond donors (Lipinski definition) is 2. The SMILES string of the molecule is O=C(Nc1cc(-c2ccccc2)[nH]n1)c1ccc2ncncc2c1. The van der Waals surface area contributed by atoms with Crippen LogP contribution in [0.1, 0.15) is 10.4 Å². The summed E-state index contributed by atoms with van der Waals surface area (Å²) in [6.45, 7) is 0. The van der Waals surface area contributed by atoms with Crippen molar-refractivity contribution in [3.05, 3.63) is 72.7 Å². The van der Waals surface area contributed by atoms with Gasteiger partial charge in [-0.25, -0.2) is 9.97 Å². The third kappa shape index (κ3) is 2.72. The molecule has 2 aromatic heterocycles. The van der Waals surface area contributed by atoms with Crippen LogP contribution in [0.5, 0.6) is 0 Å². The number of fused-ring (bicyclic) bond motifs is 1. The van der Waals surface area contributed by atoms with Gasteiger partial charge in [-0.3, -0.25) is 9.89 Å². The molecule has 0 spiro atoms. The average Bonchev–Trinajstić information content (AvgIpc) is 3.10. The Hall–Kier alpha value is -3.54. The van der Waals surface area contributed by atoms with Crippen molar-refractivity contribution in [3.8, 4) is 11.3 Å². The molecular formula is C18H13N5O. The Labute approximate surface area is 137 Å². The predicted octanol–water partition coefficient (Wildman–Crippen LogP) is 3.27. The molecule has 0 aliphatic rings. The van der Waals surface area contributed by atoms with E-state index in [4.69, 9.17) is 0 Å². The molecule has 0 saturated heterocycles. The highest BCUT2D eigenvalue weighted by atomic mass is 16.1. The molecule has 0 fully saturated rings. The summed E-state index contributed by atoms with van der Waals surface area (Å²) < 4.78 is 0. The van der Waals surface area contributed by atoms with Gasteiger partial charge in [-0.1, -0.05) is 30.3 Å². The number of nitrogens with zero attached hydrogens (tertiary/aromatic N) is 3. The van der Waals surface area contributed by atoms with Crippen LogP contribution in [-0.2, 0) is 0 Å². The lowest BCUT2D eigenvalue weighted by molar-refractivity contribution is 0.102. The Morgan fingerprint density at radius 2 is 1.92 bits per heavy atom. The van der Waals surface area contributed by atoms with E-state index in [9.17, 15) is 4.79 Å². The number of aromatic amines is 1. The Bertz CT molecular complexity index is 1010. The Morgan fingerprint density at radius 3 is 2.79 bits per heavy atom. The Kier molecular flexibility index (Phi) is 3.47. The molecule has 0 bridgehead atoms. The number of H-pyrrole nitrogens is 1. The summed E-state index contributed by atoms with van der Waals surface area (Å²) in [4.78, 5) is 20.5. The lowest BCUT2D eigenvalue weighted by Gasteiger charge is -2.03. The van der Waals surface area contributed by atoms with E-state index < -0.39 is 0 Å². The minimum Gasteiger partial charge on any atom is -0.305 e. The first-order chi connectivity index (χ1) is 11.8. The van der Waals surface area contributed by atoms with Crippen molar-refractivity contribution in [2.24, 2.45) is 0 Å². The molecule has 0 aliphatic carbocycles. The van der Waals surface area contributed by atoms with Crippen LogP contribution in [-0.4, -0.2) is 26.1 Å². The molecule has 0 radical (unpaired) electrons. The van der Waals surface area contributed by atoms with Gasteiger partial charge in [0.2, 0.25) is 0 Å². The largest absolute Gasteiger partial charge is 0.305 e. The molecule has 24 heavy (non-hydrogen) atoms. The number of rotatable bonds is 3. The molecule has 116 valence electrons. The van der Waals surface area contributed by atoms with Gasteiger partial charge in [-0.2, -0.15) is 5.10 Å². The summed E-state index contributed by atoms with van der Waals surface area (Å²) >= 11 is 0. The summed E-state index contributed by atoms with van der Waals surface area (Å²) in [6, 6.07) is 16.9. The summed E-state index contributed by atoms with van der Waals surface area (Å²) in [5.41, 5.74) is 3.18.